The predicted molar refractivity (Wildman–Crippen MR) is 85.1 cm³/mol. The second kappa shape index (κ2) is 7.01. The first-order chi connectivity index (χ1) is 9.81. The van der Waals surface area contributed by atoms with Gasteiger partial charge >= 0.3 is 0 Å². The summed E-state index contributed by atoms with van der Waals surface area (Å²) < 4.78 is 0. The molecule has 0 spiro atoms. The van der Waals surface area contributed by atoms with E-state index in [1.165, 1.54) is 68.9 Å². The number of nitrogens with zero attached hydrogens (tertiary/aromatic N) is 2. The van der Waals surface area contributed by atoms with Crippen LogP contribution >= 0.6 is 11.3 Å². The van der Waals surface area contributed by atoms with Crippen molar-refractivity contribution in [1.29, 1.82) is 0 Å². The summed E-state index contributed by atoms with van der Waals surface area (Å²) in [6, 6.07) is 0.707. The van der Waals surface area contributed by atoms with Crippen LogP contribution in [-0.2, 0) is 6.54 Å². The van der Waals surface area contributed by atoms with Gasteiger partial charge in [0.25, 0.3) is 0 Å². The summed E-state index contributed by atoms with van der Waals surface area (Å²) in [5.41, 5.74) is 1.17. The van der Waals surface area contributed by atoms with Crippen LogP contribution in [0.15, 0.2) is 5.38 Å². The normalized spacial score (nSPS) is 26.6. The maximum Gasteiger partial charge on any atom is 0.107 e. The lowest BCUT2D eigenvalue weighted by atomic mass is 9.83. The maximum atomic E-state index is 4.63. The zero-order valence-corrected chi connectivity index (χ0v) is 13.4. The van der Waals surface area contributed by atoms with Crippen molar-refractivity contribution < 1.29 is 0 Å². The molecule has 1 unspecified atom stereocenters. The van der Waals surface area contributed by atoms with Gasteiger partial charge in [-0.05, 0) is 45.2 Å². The Morgan fingerprint density at radius 3 is 2.90 bits per heavy atom. The van der Waals surface area contributed by atoms with Gasteiger partial charge in [0.15, 0.2) is 0 Å². The van der Waals surface area contributed by atoms with Crippen molar-refractivity contribution in [3.8, 4) is 0 Å². The maximum absolute atomic E-state index is 4.63. The van der Waals surface area contributed by atoms with Crippen molar-refractivity contribution in [3.05, 3.63) is 16.1 Å². The van der Waals surface area contributed by atoms with Crippen molar-refractivity contribution in [2.75, 3.05) is 19.6 Å². The zero-order chi connectivity index (χ0) is 13.8. The van der Waals surface area contributed by atoms with Crippen molar-refractivity contribution >= 4 is 11.3 Å². The van der Waals surface area contributed by atoms with Gasteiger partial charge < -0.3 is 5.32 Å². The zero-order valence-electron chi connectivity index (χ0n) is 12.6. The molecule has 1 saturated heterocycles. The first-order valence-corrected chi connectivity index (χ1v) is 9.06. The average molecular weight is 293 g/mol. The molecule has 0 bridgehead atoms. The van der Waals surface area contributed by atoms with Gasteiger partial charge in [-0.2, -0.15) is 0 Å². The fourth-order valence-electron chi connectivity index (χ4n) is 3.69. The minimum atomic E-state index is 0.707. The molecule has 0 aromatic carbocycles. The minimum Gasteiger partial charge on any atom is -0.312 e. The molecule has 2 heterocycles. The molecule has 1 aromatic rings. The van der Waals surface area contributed by atoms with Crippen LogP contribution in [0.4, 0.5) is 0 Å². The Bertz CT molecular complexity index is 412. The van der Waals surface area contributed by atoms with E-state index in [9.17, 15) is 0 Å². The molecule has 112 valence electrons. The lowest BCUT2D eigenvalue weighted by Gasteiger charge is -2.32. The van der Waals surface area contributed by atoms with Crippen LogP contribution in [0.1, 0.15) is 49.2 Å². The molecular weight excluding hydrogens is 266 g/mol. The van der Waals surface area contributed by atoms with Crippen LogP contribution in [0.2, 0.25) is 0 Å². The smallest absolute Gasteiger partial charge is 0.107 e. The Labute approximate surface area is 126 Å². The SMILES string of the molecule is Cc1csc(CN2CCCNC(C3CCCCC3)C2)n1. The third kappa shape index (κ3) is 3.80. The summed E-state index contributed by atoms with van der Waals surface area (Å²) in [7, 11) is 0. The molecule has 4 heteroatoms. The fourth-order valence-corrected chi connectivity index (χ4v) is 4.50. The number of thiazole rings is 1. The number of hydrogen-bond acceptors (Lipinski definition) is 4. The summed E-state index contributed by atoms with van der Waals surface area (Å²) >= 11 is 1.81. The first-order valence-electron chi connectivity index (χ1n) is 8.18. The van der Waals surface area contributed by atoms with Crippen LogP contribution in [0, 0.1) is 12.8 Å². The number of aryl methyl sites for hydroxylation is 1. The highest BCUT2D eigenvalue weighted by atomic mass is 32.1. The number of aromatic nitrogens is 1. The van der Waals surface area contributed by atoms with E-state index in [0.29, 0.717) is 6.04 Å². The van der Waals surface area contributed by atoms with E-state index in [-0.39, 0.29) is 0 Å². The molecule has 1 saturated carbocycles. The van der Waals surface area contributed by atoms with Gasteiger partial charge in [-0.25, -0.2) is 4.98 Å². The van der Waals surface area contributed by atoms with E-state index >= 15 is 0 Å². The fraction of sp³-hybridized carbons (Fsp3) is 0.812. The topological polar surface area (TPSA) is 28.2 Å². The number of rotatable bonds is 3. The van der Waals surface area contributed by atoms with E-state index in [2.05, 4.69) is 27.5 Å². The van der Waals surface area contributed by atoms with Gasteiger partial charge in [-0.3, -0.25) is 4.90 Å². The highest BCUT2D eigenvalue weighted by molar-refractivity contribution is 7.09. The number of nitrogens with one attached hydrogen (secondary N) is 1. The molecule has 1 aromatic heterocycles. The van der Waals surface area contributed by atoms with Gasteiger partial charge in [0.05, 0.1) is 6.54 Å². The lowest BCUT2D eigenvalue weighted by Crippen LogP contribution is -2.43. The third-order valence-electron chi connectivity index (χ3n) is 4.76. The minimum absolute atomic E-state index is 0.707. The molecule has 3 nitrogen and oxygen atoms in total. The van der Waals surface area contributed by atoms with Crippen molar-refractivity contribution in [3.63, 3.8) is 0 Å². The summed E-state index contributed by atoms with van der Waals surface area (Å²) in [4.78, 5) is 7.25. The van der Waals surface area contributed by atoms with Crippen LogP contribution in [0.3, 0.4) is 0 Å². The Kier molecular flexibility index (Phi) is 5.08. The molecule has 1 aliphatic heterocycles. The summed E-state index contributed by atoms with van der Waals surface area (Å²) in [6.07, 6.45) is 8.46. The van der Waals surface area contributed by atoms with Crippen LogP contribution < -0.4 is 5.32 Å². The monoisotopic (exact) mass is 293 g/mol. The Hall–Kier alpha value is -0.450. The largest absolute Gasteiger partial charge is 0.312 e. The van der Waals surface area contributed by atoms with Crippen molar-refractivity contribution in [2.45, 2.75) is 58.0 Å². The summed E-state index contributed by atoms with van der Waals surface area (Å²) in [5.74, 6) is 0.905. The van der Waals surface area contributed by atoms with Crippen LogP contribution in [0.5, 0.6) is 0 Å². The summed E-state index contributed by atoms with van der Waals surface area (Å²) in [5, 5.41) is 7.27. The van der Waals surface area contributed by atoms with E-state index in [4.69, 9.17) is 0 Å². The van der Waals surface area contributed by atoms with Gasteiger partial charge in [0, 0.05) is 23.7 Å². The van der Waals surface area contributed by atoms with Gasteiger partial charge in [0.2, 0.25) is 0 Å². The lowest BCUT2D eigenvalue weighted by molar-refractivity contribution is 0.201. The third-order valence-corrected chi connectivity index (χ3v) is 5.71. The van der Waals surface area contributed by atoms with Gasteiger partial charge in [0.1, 0.15) is 5.01 Å². The number of hydrogen-bond donors (Lipinski definition) is 1. The quantitative estimate of drug-likeness (QED) is 0.927. The van der Waals surface area contributed by atoms with Crippen molar-refractivity contribution in [1.82, 2.24) is 15.2 Å². The van der Waals surface area contributed by atoms with E-state index < -0.39 is 0 Å². The Morgan fingerprint density at radius 2 is 2.15 bits per heavy atom. The molecule has 1 atom stereocenters. The highest BCUT2D eigenvalue weighted by Gasteiger charge is 2.27. The van der Waals surface area contributed by atoms with E-state index in [1.54, 1.807) is 0 Å². The predicted octanol–water partition coefficient (Wildman–Crippen LogP) is 3.20. The second-order valence-electron chi connectivity index (χ2n) is 6.43. The molecule has 1 N–H and O–H groups in total. The standard InChI is InChI=1S/C16H27N3S/c1-13-12-20-16(18-13)11-19-9-5-8-17-15(10-19)14-6-3-2-4-7-14/h12,14-15,17H,2-11H2,1H3. The van der Waals surface area contributed by atoms with Gasteiger partial charge in [-0.15, -0.1) is 11.3 Å². The molecular formula is C16H27N3S. The van der Waals surface area contributed by atoms with Gasteiger partial charge in [-0.1, -0.05) is 19.3 Å². The Balaban J connectivity index is 1.59. The van der Waals surface area contributed by atoms with E-state index in [0.717, 1.165) is 12.5 Å². The van der Waals surface area contributed by atoms with Crippen LogP contribution in [-0.4, -0.2) is 35.6 Å². The van der Waals surface area contributed by atoms with Crippen LogP contribution in [0.25, 0.3) is 0 Å². The molecule has 2 fully saturated rings. The molecule has 1 aliphatic carbocycles. The molecule has 0 radical (unpaired) electrons. The molecule has 3 rings (SSSR count). The van der Waals surface area contributed by atoms with E-state index in [1.807, 2.05) is 11.3 Å². The second-order valence-corrected chi connectivity index (χ2v) is 7.37. The molecule has 20 heavy (non-hydrogen) atoms. The van der Waals surface area contributed by atoms with Crippen molar-refractivity contribution in [2.24, 2.45) is 5.92 Å². The molecule has 0 amide bonds. The Morgan fingerprint density at radius 1 is 1.30 bits per heavy atom. The first kappa shape index (κ1) is 14.5. The summed E-state index contributed by atoms with van der Waals surface area (Å²) in [6.45, 7) is 6.75. The molecule has 2 aliphatic rings. The average Bonchev–Trinajstić information content (AvgIpc) is 2.74. The highest BCUT2D eigenvalue weighted by Crippen LogP contribution is 2.28.